The van der Waals surface area contributed by atoms with Crippen LogP contribution < -0.4 is 5.32 Å². The number of carboxylic acids is 1. The summed E-state index contributed by atoms with van der Waals surface area (Å²) >= 11 is 0. The molecule has 0 unspecified atom stereocenters. The zero-order valence-corrected chi connectivity index (χ0v) is 14.8. The van der Waals surface area contributed by atoms with Gasteiger partial charge in [-0.25, -0.2) is 4.79 Å². The predicted molar refractivity (Wildman–Crippen MR) is 91.5 cm³/mol. The molecule has 8 heteroatoms. The first-order valence-electron chi connectivity index (χ1n) is 9.08. The summed E-state index contributed by atoms with van der Waals surface area (Å²) in [6, 6.07) is 3.54. The lowest BCUT2D eigenvalue weighted by Crippen LogP contribution is -2.53. The molecule has 3 heterocycles. The molecule has 8 nitrogen and oxygen atoms in total. The van der Waals surface area contributed by atoms with Crippen molar-refractivity contribution < 1.29 is 28.6 Å². The number of carbonyl (C=O) groups excluding carboxylic acids is 1. The van der Waals surface area contributed by atoms with E-state index in [-0.39, 0.29) is 30.6 Å². The Morgan fingerprint density at radius 3 is 2.81 bits per heavy atom. The van der Waals surface area contributed by atoms with Gasteiger partial charge in [0.1, 0.15) is 12.4 Å². The summed E-state index contributed by atoms with van der Waals surface area (Å²) < 4.78 is 16.2. The van der Waals surface area contributed by atoms with Crippen molar-refractivity contribution in [1.29, 1.82) is 0 Å². The second-order valence-corrected chi connectivity index (χ2v) is 6.85. The number of rotatable bonds is 7. The van der Waals surface area contributed by atoms with E-state index >= 15 is 0 Å². The first kappa shape index (κ1) is 18.9. The van der Waals surface area contributed by atoms with Crippen molar-refractivity contribution in [2.75, 3.05) is 32.9 Å². The number of furan rings is 1. The van der Waals surface area contributed by atoms with E-state index < -0.39 is 5.97 Å². The average Bonchev–Trinajstić information content (AvgIpc) is 3.14. The number of carboxylic acid groups (broad SMARTS) is 1. The molecule has 3 rings (SSSR count). The lowest BCUT2D eigenvalue weighted by molar-refractivity contribution is -0.148. The van der Waals surface area contributed by atoms with E-state index in [1.807, 2.05) is 12.1 Å². The molecule has 2 aliphatic heterocycles. The Morgan fingerprint density at radius 1 is 1.31 bits per heavy atom. The lowest BCUT2D eigenvalue weighted by atomic mass is 9.95. The minimum absolute atomic E-state index is 0.00192. The van der Waals surface area contributed by atoms with E-state index in [1.54, 1.807) is 6.26 Å². The van der Waals surface area contributed by atoms with Crippen LogP contribution >= 0.6 is 0 Å². The summed E-state index contributed by atoms with van der Waals surface area (Å²) in [6.45, 7) is 2.97. The number of nitrogens with one attached hydrogen (secondary N) is 1. The van der Waals surface area contributed by atoms with E-state index in [4.69, 9.17) is 19.0 Å². The van der Waals surface area contributed by atoms with Crippen molar-refractivity contribution >= 4 is 11.9 Å². The van der Waals surface area contributed by atoms with Crippen molar-refractivity contribution in [2.24, 2.45) is 5.92 Å². The number of aliphatic carboxylic acids is 1. The topological polar surface area (TPSA) is 101 Å². The molecule has 0 aliphatic carbocycles. The van der Waals surface area contributed by atoms with Gasteiger partial charge in [0.15, 0.2) is 0 Å². The molecule has 0 aromatic carbocycles. The van der Waals surface area contributed by atoms with Gasteiger partial charge in [-0.3, -0.25) is 9.69 Å². The second kappa shape index (κ2) is 9.16. The van der Waals surface area contributed by atoms with E-state index in [9.17, 15) is 9.59 Å². The summed E-state index contributed by atoms with van der Waals surface area (Å²) in [5.41, 5.74) is 0. The van der Waals surface area contributed by atoms with Crippen LogP contribution in [0.25, 0.3) is 0 Å². The van der Waals surface area contributed by atoms with Crippen molar-refractivity contribution in [3.8, 4) is 0 Å². The van der Waals surface area contributed by atoms with Gasteiger partial charge in [-0.05, 0) is 44.5 Å². The normalized spacial score (nSPS) is 25.1. The van der Waals surface area contributed by atoms with Gasteiger partial charge in [-0.15, -0.1) is 0 Å². The summed E-state index contributed by atoms with van der Waals surface area (Å²) in [6.07, 6.45) is 3.52. The smallest absolute Gasteiger partial charge is 0.329 e. The van der Waals surface area contributed by atoms with Gasteiger partial charge in [-0.1, -0.05) is 0 Å². The Hall–Kier alpha value is -1.90. The fourth-order valence-corrected chi connectivity index (χ4v) is 3.51. The highest BCUT2D eigenvalue weighted by Crippen LogP contribution is 2.20. The Balaban J connectivity index is 1.44. The molecule has 0 bridgehead atoms. The number of ether oxygens (including phenoxy) is 2. The fourth-order valence-electron chi connectivity index (χ4n) is 3.51. The molecule has 1 aromatic rings. The SMILES string of the molecule is O=C(O)CO[C@H]1CCOC[C@H]1NC(=O)C1CCN(Cc2ccco2)CC1. The molecule has 0 saturated carbocycles. The molecule has 2 aliphatic rings. The van der Waals surface area contributed by atoms with Crippen LogP contribution in [0.3, 0.4) is 0 Å². The molecule has 2 fully saturated rings. The van der Waals surface area contributed by atoms with Crippen LogP contribution in [0.2, 0.25) is 0 Å². The van der Waals surface area contributed by atoms with Crippen molar-refractivity contribution in [3.63, 3.8) is 0 Å². The summed E-state index contributed by atoms with van der Waals surface area (Å²) in [7, 11) is 0. The van der Waals surface area contributed by atoms with Crippen molar-refractivity contribution in [2.45, 2.75) is 38.0 Å². The largest absolute Gasteiger partial charge is 0.480 e. The molecule has 144 valence electrons. The number of likely N-dealkylation sites (tertiary alicyclic amines) is 1. The third-order valence-electron chi connectivity index (χ3n) is 4.96. The molecule has 1 amide bonds. The summed E-state index contributed by atoms with van der Waals surface area (Å²) in [5.74, 6) is -0.108. The monoisotopic (exact) mass is 366 g/mol. The Morgan fingerprint density at radius 2 is 2.12 bits per heavy atom. The second-order valence-electron chi connectivity index (χ2n) is 6.85. The zero-order chi connectivity index (χ0) is 18.4. The van der Waals surface area contributed by atoms with Crippen LogP contribution in [-0.4, -0.2) is 66.9 Å². The van der Waals surface area contributed by atoms with Crippen LogP contribution in [0.1, 0.15) is 25.0 Å². The molecule has 1 aromatic heterocycles. The van der Waals surface area contributed by atoms with Crippen LogP contribution in [0.5, 0.6) is 0 Å². The third-order valence-corrected chi connectivity index (χ3v) is 4.96. The maximum Gasteiger partial charge on any atom is 0.329 e. The minimum atomic E-state index is -1.01. The molecular formula is C18H26N2O6. The molecular weight excluding hydrogens is 340 g/mol. The number of piperidine rings is 1. The highest BCUT2D eigenvalue weighted by atomic mass is 16.5. The standard InChI is InChI=1S/C18H26N2O6/c21-17(22)12-26-16-5-9-24-11-15(16)19-18(23)13-3-6-20(7-4-13)10-14-2-1-8-25-14/h1-2,8,13,15-16H,3-7,9-12H2,(H,19,23)(H,21,22)/t15-,16+/m1/s1. The van der Waals surface area contributed by atoms with Crippen LogP contribution in [-0.2, 0) is 25.6 Å². The van der Waals surface area contributed by atoms with Gasteiger partial charge in [0, 0.05) is 12.5 Å². The molecule has 2 atom stereocenters. The van der Waals surface area contributed by atoms with Crippen molar-refractivity contribution in [3.05, 3.63) is 24.2 Å². The van der Waals surface area contributed by atoms with Crippen LogP contribution in [0.15, 0.2) is 22.8 Å². The van der Waals surface area contributed by atoms with Gasteiger partial charge in [0.05, 0.1) is 31.6 Å². The number of hydrogen-bond acceptors (Lipinski definition) is 6. The highest BCUT2D eigenvalue weighted by Gasteiger charge is 2.32. The first-order chi connectivity index (χ1) is 12.6. The molecule has 0 spiro atoms. The molecule has 2 saturated heterocycles. The van der Waals surface area contributed by atoms with E-state index in [1.165, 1.54) is 0 Å². The van der Waals surface area contributed by atoms with Gasteiger partial charge in [0.2, 0.25) is 5.91 Å². The van der Waals surface area contributed by atoms with E-state index in [2.05, 4.69) is 10.2 Å². The first-order valence-corrected chi connectivity index (χ1v) is 9.08. The van der Waals surface area contributed by atoms with Gasteiger partial charge < -0.3 is 24.3 Å². The number of hydrogen-bond donors (Lipinski definition) is 2. The zero-order valence-electron chi connectivity index (χ0n) is 14.8. The number of amides is 1. The summed E-state index contributed by atoms with van der Waals surface area (Å²) in [5, 5.41) is 11.8. The van der Waals surface area contributed by atoms with Gasteiger partial charge in [-0.2, -0.15) is 0 Å². The minimum Gasteiger partial charge on any atom is -0.480 e. The third kappa shape index (κ3) is 5.30. The quantitative estimate of drug-likeness (QED) is 0.738. The predicted octanol–water partition coefficient (Wildman–Crippen LogP) is 0.867. The fraction of sp³-hybridized carbons (Fsp3) is 0.667. The molecule has 0 radical (unpaired) electrons. The summed E-state index contributed by atoms with van der Waals surface area (Å²) in [4.78, 5) is 25.6. The lowest BCUT2D eigenvalue weighted by Gasteiger charge is -2.35. The van der Waals surface area contributed by atoms with Gasteiger partial charge >= 0.3 is 5.97 Å². The Kier molecular flexibility index (Phi) is 6.65. The van der Waals surface area contributed by atoms with Gasteiger partial charge in [0.25, 0.3) is 0 Å². The molecule has 26 heavy (non-hydrogen) atoms. The van der Waals surface area contributed by atoms with E-state index in [0.29, 0.717) is 19.6 Å². The maximum atomic E-state index is 12.6. The van der Waals surface area contributed by atoms with Crippen LogP contribution in [0.4, 0.5) is 0 Å². The van der Waals surface area contributed by atoms with E-state index in [0.717, 1.165) is 38.2 Å². The average molecular weight is 366 g/mol. The molecule has 2 N–H and O–H groups in total. The number of carbonyl (C=O) groups is 2. The van der Waals surface area contributed by atoms with Crippen molar-refractivity contribution in [1.82, 2.24) is 10.2 Å². The Bertz CT molecular complexity index is 583. The number of nitrogens with zero attached hydrogens (tertiary/aromatic N) is 1. The maximum absolute atomic E-state index is 12.6. The van der Waals surface area contributed by atoms with Crippen LogP contribution in [0, 0.1) is 5.92 Å². The Labute approximate surface area is 152 Å². The highest BCUT2D eigenvalue weighted by molar-refractivity contribution is 5.79.